The van der Waals surface area contributed by atoms with Crippen molar-refractivity contribution in [2.75, 3.05) is 6.61 Å². The van der Waals surface area contributed by atoms with Crippen LogP contribution in [0.4, 0.5) is 0 Å². The van der Waals surface area contributed by atoms with E-state index in [-0.39, 0.29) is 6.10 Å². The fraction of sp³-hybridized carbons (Fsp3) is 0.750. The van der Waals surface area contributed by atoms with E-state index in [9.17, 15) is 5.11 Å². The highest BCUT2D eigenvalue weighted by molar-refractivity contribution is 5.02. The molecule has 0 aromatic carbocycles. The van der Waals surface area contributed by atoms with Gasteiger partial charge in [-0.2, -0.15) is 5.10 Å². The summed E-state index contributed by atoms with van der Waals surface area (Å²) in [4.78, 5) is 0. The summed E-state index contributed by atoms with van der Waals surface area (Å²) in [6.07, 6.45) is 4.16. The Balaban J connectivity index is 1.92. The smallest absolute Gasteiger partial charge is 0.0857 e. The predicted molar refractivity (Wildman–Crippen MR) is 61.3 cm³/mol. The second kappa shape index (κ2) is 4.97. The molecule has 1 saturated heterocycles. The Kier molecular flexibility index (Phi) is 3.61. The van der Waals surface area contributed by atoms with Gasteiger partial charge in [-0.05, 0) is 32.8 Å². The lowest BCUT2D eigenvalue weighted by atomic mass is 10.1. The Labute approximate surface area is 96.2 Å². The summed E-state index contributed by atoms with van der Waals surface area (Å²) in [5.41, 5.74) is 0.941. The lowest BCUT2D eigenvalue weighted by molar-refractivity contribution is -0.00128. The minimum atomic E-state index is -0.419. The van der Waals surface area contributed by atoms with Gasteiger partial charge in [0, 0.05) is 25.3 Å². The van der Waals surface area contributed by atoms with Crippen LogP contribution in [0.3, 0.4) is 0 Å². The van der Waals surface area contributed by atoms with Crippen molar-refractivity contribution < 1.29 is 9.84 Å². The quantitative estimate of drug-likeness (QED) is 0.844. The van der Waals surface area contributed by atoms with Crippen LogP contribution >= 0.6 is 0 Å². The summed E-state index contributed by atoms with van der Waals surface area (Å²) in [7, 11) is 0. The van der Waals surface area contributed by atoms with E-state index in [0.29, 0.717) is 12.5 Å². The topological polar surface area (TPSA) is 47.3 Å². The highest BCUT2D eigenvalue weighted by Gasteiger charge is 2.24. The van der Waals surface area contributed by atoms with Crippen LogP contribution in [0.1, 0.15) is 38.4 Å². The average molecular weight is 224 g/mol. The molecule has 1 fully saturated rings. The molecule has 4 heteroatoms. The van der Waals surface area contributed by atoms with Crippen LogP contribution in [-0.2, 0) is 11.2 Å². The van der Waals surface area contributed by atoms with Gasteiger partial charge in [-0.25, -0.2) is 0 Å². The van der Waals surface area contributed by atoms with Crippen LogP contribution < -0.4 is 0 Å². The number of hydrogen-bond donors (Lipinski definition) is 1. The molecule has 0 radical (unpaired) electrons. The first-order valence-electron chi connectivity index (χ1n) is 6.00. The van der Waals surface area contributed by atoms with Crippen LogP contribution in [0.2, 0.25) is 0 Å². The van der Waals surface area contributed by atoms with Gasteiger partial charge in [-0.15, -0.1) is 0 Å². The zero-order chi connectivity index (χ0) is 11.5. The molecular formula is C12H20N2O2. The summed E-state index contributed by atoms with van der Waals surface area (Å²) in [6, 6.07) is 2.34. The van der Waals surface area contributed by atoms with Gasteiger partial charge in [0.25, 0.3) is 0 Å². The minimum absolute atomic E-state index is 0.00389. The van der Waals surface area contributed by atoms with E-state index in [1.54, 1.807) is 0 Å². The van der Waals surface area contributed by atoms with Crippen molar-refractivity contribution in [2.45, 2.75) is 51.4 Å². The van der Waals surface area contributed by atoms with Gasteiger partial charge in [-0.1, -0.05) is 0 Å². The third-order valence-electron chi connectivity index (χ3n) is 3.00. The summed E-state index contributed by atoms with van der Waals surface area (Å²) in [5.74, 6) is 0. The van der Waals surface area contributed by atoms with Crippen molar-refractivity contribution in [3.8, 4) is 0 Å². The highest BCUT2D eigenvalue weighted by atomic mass is 16.5. The predicted octanol–water partition coefficient (Wildman–Crippen LogP) is 1.55. The summed E-state index contributed by atoms with van der Waals surface area (Å²) < 4.78 is 7.37. The molecule has 4 nitrogen and oxygen atoms in total. The molecule has 90 valence electrons. The van der Waals surface area contributed by atoms with Gasteiger partial charge in [0.2, 0.25) is 0 Å². The Morgan fingerprint density at radius 3 is 3.00 bits per heavy atom. The molecule has 1 N–H and O–H groups in total. The van der Waals surface area contributed by atoms with Crippen LogP contribution in [0.15, 0.2) is 12.3 Å². The van der Waals surface area contributed by atoms with E-state index in [4.69, 9.17) is 4.74 Å². The molecule has 1 aliphatic heterocycles. The van der Waals surface area contributed by atoms with E-state index < -0.39 is 6.10 Å². The lowest BCUT2D eigenvalue weighted by Gasteiger charge is -2.16. The minimum Gasteiger partial charge on any atom is -0.390 e. The zero-order valence-corrected chi connectivity index (χ0v) is 9.97. The third-order valence-corrected chi connectivity index (χ3v) is 3.00. The maximum absolute atomic E-state index is 9.98. The fourth-order valence-electron chi connectivity index (χ4n) is 2.03. The number of nitrogens with zero attached hydrogens (tertiary/aromatic N) is 2. The lowest BCUT2D eigenvalue weighted by Crippen LogP contribution is -2.27. The van der Waals surface area contributed by atoms with Gasteiger partial charge >= 0.3 is 0 Å². The molecule has 2 atom stereocenters. The second-order valence-corrected chi connectivity index (χ2v) is 4.70. The largest absolute Gasteiger partial charge is 0.390 e. The maximum atomic E-state index is 9.98. The Hall–Kier alpha value is -0.870. The van der Waals surface area contributed by atoms with Gasteiger partial charge < -0.3 is 9.84 Å². The number of hydrogen-bond acceptors (Lipinski definition) is 3. The average Bonchev–Trinajstić information content (AvgIpc) is 2.87. The third kappa shape index (κ3) is 2.62. The SMILES string of the molecule is CC(C)n1ccc(CC(O)C2CCCO2)n1. The molecule has 16 heavy (non-hydrogen) atoms. The maximum Gasteiger partial charge on any atom is 0.0857 e. The first-order valence-corrected chi connectivity index (χ1v) is 6.00. The van der Waals surface area contributed by atoms with Crippen LogP contribution in [0.5, 0.6) is 0 Å². The van der Waals surface area contributed by atoms with Crippen molar-refractivity contribution in [3.05, 3.63) is 18.0 Å². The van der Waals surface area contributed by atoms with Gasteiger partial charge in [0.15, 0.2) is 0 Å². The van der Waals surface area contributed by atoms with E-state index >= 15 is 0 Å². The molecule has 2 unspecified atom stereocenters. The van der Waals surface area contributed by atoms with E-state index in [1.165, 1.54) is 0 Å². The molecule has 1 aromatic heterocycles. The van der Waals surface area contributed by atoms with E-state index in [1.807, 2.05) is 16.9 Å². The number of ether oxygens (including phenoxy) is 1. The number of rotatable bonds is 4. The molecule has 0 aliphatic carbocycles. The van der Waals surface area contributed by atoms with Crippen LogP contribution in [-0.4, -0.2) is 33.7 Å². The monoisotopic (exact) mass is 224 g/mol. The van der Waals surface area contributed by atoms with E-state index in [0.717, 1.165) is 25.1 Å². The van der Waals surface area contributed by atoms with Crippen molar-refractivity contribution in [3.63, 3.8) is 0 Å². The molecule has 2 heterocycles. The Morgan fingerprint density at radius 1 is 1.62 bits per heavy atom. The van der Waals surface area contributed by atoms with Crippen molar-refractivity contribution in [1.29, 1.82) is 0 Å². The number of aliphatic hydroxyl groups is 1. The molecule has 0 spiro atoms. The highest BCUT2D eigenvalue weighted by Crippen LogP contribution is 2.18. The first kappa shape index (κ1) is 11.6. The molecule has 0 amide bonds. The van der Waals surface area contributed by atoms with Gasteiger partial charge in [0.1, 0.15) is 0 Å². The van der Waals surface area contributed by atoms with Gasteiger partial charge in [-0.3, -0.25) is 4.68 Å². The molecule has 1 aliphatic rings. The molecule has 0 bridgehead atoms. The molecule has 1 aromatic rings. The van der Waals surface area contributed by atoms with Crippen molar-refractivity contribution in [2.24, 2.45) is 0 Å². The van der Waals surface area contributed by atoms with E-state index in [2.05, 4.69) is 18.9 Å². The zero-order valence-electron chi connectivity index (χ0n) is 9.97. The normalized spacial score (nSPS) is 22.9. The van der Waals surface area contributed by atoms with Gasteiger partial charge in [0.05, 0.1) is 17.9 Å². The summed E-state index contributed by atoms with van der Waals surface area (Å²) >= 11 is 0. The fourth-order valence-corrected chi connectivity index (χ4v) is 2.03. The van der Waals surface area contributed by atoms with Crippen molar-refractivity contribution >= 4 is 0 Å². The summed E-state index contributed by atoms with van der Waals surface area (Å²) in [6.45, 7) is 4.96. The molecule has 2 rings (SSSR count). The summed E-state index contributed by atoms with van der Waals surface area (Å²) in [5, 5.41) is 14.4. The number of aliphatic hydroxyl groups excluding tert-OH is 1. The Morgan fingerprint density at radius 2 is 2.44 bits per heavy atom. The van der Waals surface area contributed by atoms with Crippen molar-refractivity contribution in [1.82, 2.24) is 9.78 Å². The Bertz CT molecular complexity index is 330. The second-order valence-electron chi connectivity index (χ2n) is 4.70. The number of aromatic nitrogens is 2. The standard InChI is InChI=1S/C12H20N2O2/c1-9(2)14-6-5-10(13-14)8-11(15)12-4-3-7-16-12/h5-6,9,11-12,15H,3-4,7-8H2,1-2H3. The van der Waals surface area contributed by atoms with Crippen LogP contribution in [0.25, 0.3) is 0 Å². The molecule has 0 saturated carbocycles. The first-order chi connectivity index (χ1) is 7.66. The molecular weight excluding hydrogens is 204 g/mol. The van der Waals surface area contributed by atoms with Crippen LogP contribution in [0, 0.1) is 0 Å².